The molecule has 4 aromatic rings. The Hall–Kier alpha value is -4.41. The van der Waals surface area contributed by atoms with Gasteiger partial charge in [0.25, 0.3) is 0 Å². The number of halogens is 1. The zero-order valence-corrected chi connectivity index (χ0v) is 22.6. The molecule has 7 nitrogen and oxygen atoms in total. The second-order valence-electron chi connectivity index (χ2n) is 9.11. The molecule has 39 heavy (non-hydrogen) atoms. The first-order valence-corrected chi connectivity index (χ1v) is 13.3. The van der Waals surface area contributed by atoms with E-state index in [2.05, 4.69) is 13.0 Å². The Morgan fingerprint density at radius 3 is 2.51 bits per heavy atom. The Morgan fingerprint density at radius 2 is 1.79 bits per heavy atom. The molecule has 1 aliphatic rings. The third kappa shape index (κ3) is 5.16. The van der Waals surface area contributed by atoms with E-state index < -0.39 is 5.92 Å². The highest BCUT2D eigenvalue weighted by atomic mass is 35.5. The second-order valence-corrected chi connectivity index (χ2v) is 9.51. The van der Waals surface area contributed by atoms with Crippen LogP contribution in [0.3, 0.4) is 0 Å². The minimum atomic E-state index is -0.477. The lowest BCUT2D eigenvalue weighted by Crippen LogP contribution is -2.22. The van der Waals surface area contributed by atoms with Gasteiger partial charge in [0.05, 0.1) is 29.5 Å². The molecule has 0 bridgehead atoms. The van der Waals surface area contributed by atoms with Gasteiger partial charge >= 0.3 is 0 Å². The van der Waals surface area contributed by atoms with Crippen molar-refractivity contribution in [2.24, 2.45) is 5.73 Å². The molecule has 0 amide bonds. The molecule has 0 saturated carbocycles. The Morgan fingerprint density at radius 1 is 1.03 bits per heavy atom. The fourth-order valence-corrected chi connectivity index (χ4v) is 4.96. The fourth-order valence-electron chi connectivity index (χ4n) is 4.77. The van der Waals surface area contributed by atoms with Crippen LogP contribution in [0, 0.1) is 11.3 Å². The van der Waals surface area contributed by atoms with Crippen LogP contribution >= 0.6 is 11.6 Å². The highest BCUT2D eigenvalue weighted by Gasteiger charge is 2.37. The molecular weight excluding hydrogens is 512 g/mol. The largest absolute Gasteiger partial charge is 0.490 e. The summed E-state index contributed by atoms with van der Waals surface area (Å²) < 4.78 is 19.9. The molecule has 0 spiro atoms. The Labute approximate surface area is 233 Å². The summed E-state index contributed by atoms with van der Waals surface area (Å²) in [5.41, 5.74) is 10.9. The molecule has 3 aromatic carbocycles. The van der Waals surface area contributed by atoms with Crippen molar-refractivity contribution in [3.8, 4) is 29.1 Å². The average molecular weight is 541 g/mol. The van der Waals surface area contributed by atoms with Crippen molar-refractivity contribution in [1.82, 2.24) is 9.78 Å². The van der Waals surface area contributed by atoms with Gasteiger partial charge in [-0.05, 0) is 49.2 Å². The minimum Gasteiger partial charge on any atom is -0.490 e. The van der Waals surface area contributed by atoms with Crippen LogP contribution in [0.25, 0.3) is 5.69 Å². The zero-order valence-electron chi connectivity index (χ0n) is 21.9. The van der Waals surface area contributed by atoms with Crippen LogP contribution in [-0.4, -0.2) is 16.4 Å². The number of fused-ring (bicyclic) bond motifs is 1. The van der Waals surface area contributed by atoms with Gasteiger partial charge in [0.1, 0.15) is 18.2 Å². The van der Waals surface area contributed by atoms with Gasteiger partial charge in [-0.25, -0.2) is 4.68 Å². The normalized spacial score (nSPS) is 14.4. The summed E-state index contributed by atoms with van der Waals surface area (Å²) in [6.07, 6.45) is 1.60. The van der Waals surface area contributed by atoms with Crippen LogP contribution in [0.15, 0.2) is 84.3 Å². The lowest BCUT2D eigenvalue weighted by atomic mass is 9.83. The number of rotatable bonds is 9. The van der Waals surface area contributed by atoms with E-state index in [4.69, 9.17) is 36.6 Å². The molecule has 2 heterocycles. The maximum absolute atomic E-state index is 10.2. The molecular formula is C31H29ClN4O3. The summed E-state index contributed by atoms with van der Waals surface area (Å²) in [4.78, 5) is 0. The zero-order chi connectivity index (χ0) is 27.4. The highest BCUT2D eigenvalue weighted by Crippen LogP contribution is 2.46. The SMILES string of the molecule is CCCc1nn(-c2ccccc2)c2c1[C@H](c1ccc(OCc3ccccc3Cl)c(OCC)c1)C(C#N)=C(N)O2. The van der Waals surface area contributed by atoms with E-state index >= 15 is 0 Å². The molecule has 0 fully saturated rings. The van der Waals surface area contributed by atoms with E-state index in [1.54, 1.807) is 4.68 Å². The van der Waals surface area contributed by atoms with Crippen LogP contribution in [0.2, 0.25) is 5.02 Å². The number of allylic oxidation sites excluding steroid dienone is 1. The van der Waals surface area contributed by atoms with Crippen LogP contribution in [-0.2, 0) is 13.0 Å². The van der Waals surface area contributed by atoms with Crippen molar-refractivity contribution in [1.29, 1.82) is 5.26 Å². The molecule has 2 N–H and O–H groups in total. The van der Waals surface area contributed by atoms with Crippen molar-refractivity contribution in [2.75, 3.05) is 6.61 Å². The predicted octanol–water partition coefficient (Wildman–Crippen LogP) is 6.67. The molecule has 1 aliphatic heterocycles. The Bertz CT molecular complexity index is 1560. The van der Waals surface area contributed by atoms with E-state index in [1.165, 1.54) is 0 Å². The molecule has 0 unspecified atom stereocenters. The molecule has 1 aromatic heterocycles. The molecule has 0 radical (unpaired) electrons. The van der Waals surface area contributed by atoms with E-state index in [9.17, 15) is 5.26 Å². The number of para-hydroxylation sites is 1. The molecule has 198 valence electrons. The highest BCUT2D eigenvalue weighted by molar-refractivity contribution is 6.31. The van der Waals surface area contributed by atoms with Crippen molar-refractivity contribution in [2.45, 2.75) is 39.2 Å². The van der Waals surface area contributed by atoms with Gasteiger partial charge in [-0.3, -0.25) is 0 Å². The number of nitrogens with two attached hydrogens (primary N) is 1. The van der Waals surface area contributed by atoms with Gasteiger partial charge in [-0.15, -0.1) is 0 Å². The fraction of sp³-hybridized carbons (Fsp3) is 0.226. The Balaban J connectivity index is 1.60. The summed E-state index contributed by atoms with van der Waals surface area (Å²) in [7, 11) is 0. The van der Waals surface area contributed by atoms with E-state index in [1.807, 2.05) is 79.7 Å². The first-order valence-electron chi connectivity index (χ1n) is 12.9. The predicted molar refractivity (Wildman–Crippen MR) is 150 cm³/mol. The van der Waals surface area contributed by atoms with Crippen LogP contribution in [0.4, 0.5) is 0 Å². The van der Waals surface area contributed by atoms with Crippen molar-refractivity contribution in [3.63, 3.8) is 0 Å². The van der Waals surface area contributed by atoms with Crippen molar-refractivity contribution < 1.29 is 14.2 Å². The third-order valence-corrected chi connectivity index (χ3v) is 6.92. The van der Waals surface area contributed by atoms with Crippen LogP contribution in [0.1, 0.15) is 48.6 Å². The summed E-state index contributed by atoms with van der Waals surface area (Å²) in [6.45, 7) is 4.75. The maximum Gasteiger partial charge on any atom is 0.229 e. The second kappa shape index (κ2) is 11.5. The topological polar surface area (TPSA) is 95.3 Å². The number of ether oxygens (including phenoxy) is 3. The minimum absolute atomic E-state index is 0.0622. The summed E-state index contributed by atoms with van der Waals surface area (Å²) >= 11 is 6.32. The number of aromatic nitrogens is 2. The smallest absolute Gasteiger partial charge is 0.229 e. The first kappa shape index (κ1) is 26.2. The van der Waals surface area contributed by atoms with Gasteiger partial charge in [0.2, 0.25) is 11.8 Å². The summed E-state index contributed by atoms with van der Waals surface area (Å²) in [6, 6.07) is 25.3. The van der Waals surface area contributed by atoms with Crippen molar-refractivity contribution >= 4 is 11.6 Å². The van der Waals surface area contributed by atoms with Gasteiger partial charge in [-0.1, -0.05) is 67.4 Å². The van der Waals surface area contributed by atoms with E-state index in [0.29, 0.717) is 41.2 Å². The average Bonchev–Trinajstić information content (AvgIpc) is 3.30. The van der Waals surface area contributed by atoms with Gasteiger partial charge in [-0.2, -0.15) is 10.4 Å². The lowest BCUT2D eigenvalue weighted by molar-refractivity contribution is 0.269. The van der Waals surface area contributed by atoms with E-state index in [0.717, 1.165) is 40.9 Å². The molecule has 8 heteroatoms. The first-order chi connectivity index (χ1) is 19.0. The molecule has 0 saturated heterocycles. The third-order valence-electron chi connectivity index (χ3n) is 6.55. The van der Waals surface area contributed by atoms with Crippen LogP contribution in [0.5, 0.6) is 17.4 Å². The number of aryl methyl sites for hydroxylation is 1. The molecule has 0 aliphatic carbocycles. The summed E-state index contributed by atoms with van der Waals surface area (Å²) in [5.74, 6) is 1.25. The Kier molecular flexibility index (Phi) is 7.76. The number of hydrogen-bond acceptors (Lipinski definition) is 6. The number of hydrogen-bond donors (Lipinski definition) is 1. The lowest BCUT2D eigenvalue weighted by Gasteiger charge is -2.26. The number of benzene rings is 3. The quantitative estimate of drug-likeness (QED) is 0.254. The molecule has 1 atom stereocenters. The van der Waals surface area contributed by atoms with Crippen molar-refractivity contribution in [3.05, 3.63) is 112 Å². The molecule has 5 rings (SSSR count). The van der Waals surface area contributed by atoms with E-state index in [-0.39, 0.29) is 5.88 Å². The summed E-state index contributed by atoms with van der Waals surface area (Å²) in [5, 5.41) is 15.7. The maximum atomic E-state index is 10.2. The standard InChI is InChI=1S/C31H29ClN4O3/c1-3-10-25-29-28(23(18-33)30(34)39-31(29)36(35-25)22-12-6-5-7-13-22)20-15-16-26(27(17-20)37-4-2)38-19-21-11-8-9-14-24(21)32/h5-9,11-17,28H,3-4,10,19,34H2,1-2H3/t28-/m1/s1. The number of nitriles is 1. The van der Waals surface area contributed by atoms with Crippen LogP contribution < -0.4 is 19.9 Å². The monoisotopic (exact) mass is 540 g/mol. The van der Waals surface area contributed by atoms with Gasteiger partial charge in [0, 0.05) is 10.6 Å². The van der Waals surface area contributed by atoms with Gasteiger partial charge in [0.15, 0.2) is 11.5 Å². The number of nitrogens with zero attached hydrogens (tertiary/aromatic N) is 3. The van der Waals surface area contributed by atoms with Gasteiger partial charge < -0.3 is 19.9 Å².